The Balaban J connectivity index is 0.00000338. The molecule has 1 aromatic heterocycles. The molecule has 1 aliphatic rings. The Bertz CT molecular complexity index is 547. The van der Waals surface area contributed by atoms with Gasteiger partial charge in [-0.25, -0.2) is 9.98 Å². The summed E-state index contributed by atoms with van der Waals surface area (Å²) in [5.74, 6) is 0.901. The van der Waals surface area contributed by atoms with Gasteiger partial charge in [-0.1, -0.05) is 6.92 Å². The average molecular weight is 495 g/mol. The Morgan fingerprint density at radius 3 is 2.88 bits per heavy atom. The molecule has 2 atom stereocenters. The Labute approximate surface area is 177 Å². The molecule has 9 heteroatoms. The van der Waals surface area contributed by atoms with E-state index in [2.05, 4.69) is 27.5 Å². The quantitative estimate of drug-likeness (QED) is 0.344. The molecule has 2 N–H and O–H groups in total. The van der Waals surface area contributed by atoms with E-state index < -0.39 is 0 Å². The maximum absolute atomic E-state index is 11.8. The monoisotopic (exact) mass is 495 g/mol. The molecule has 0 bridgehead atoms. The van der Waals surface area contributed by atoms with Crippen LogP contribution in [0.5, 0.6) is 0 Å². The van der Waals surface area contributed by atoms with Gasteiger partial charge in [-0.05, 0) is 19.3 Å². The van der Waals surface area contributed by atoms with Crippen LogP contribution in [0, 0.1) is 0 Å². The van der Waals surface area contributed by atoms with E-state index >= 15 is 0 Å². The zero-order valence-corrected chi connectivity index (χ0v) is 18.9. The lowest BCUT2D eigenvalue weighted by molar-refractivity contribution is -0.127. The fraction of sp³-hybridized carbons (Fsp3) is 0.706. The number of hydrogen-bond donors (Lipinski definition) is 2. The number of nitrogens with zero attached hydrogens (tertiary/aromatic N) is 3. The molecule has 1 fully saturated rings. The van der Waals surface area contributed by atoms with E-state index in [-0.39, 0.29) is 48.5 Å². The molecule has 7 nitrogen and oxygen atoms in total. The maximum atomic E-state index is 11.8. The molecule has 2 heterocycles. The molecule has 26 heavy (non-hydrogen) atoms. The first-order valence-electron chi connectivity index (χ1n) is 8.79. The number of thiazole rings is 1. The van der Waals surface area contributed by atoms with Crippen molar-refractivity contribution in [3.8, 4) is 0 Å². The molecule has 1 aliphatic heterocycles. The smallest absolute Gasteiger partial charge is 0.243 e. The van der Waals surface area contributed by atoms with Crippen molar-refractivity contribution in [3.63, 3.8) is 0 Å². The summed E-state index contributed by atoms with van der Waals surface area (Å²) < 4.78 is 5.75. The molecular formula is C17H30IN5O2S. The molecule has 2 rings (SSSR count). The summed E-state index contributed by atoms with van der Waals surface area (Å²) >= 11 is 1.65. The number of amides is 1. The molecular weight excluding hydrogens is 465 g/mol. The second-order valence-electron chi connectivity index (χ2n) is 6.47. The van der Waals surface area contributed by atoms with Crippen LogP contribution in [0.4, 0.5) is 0 Å². The molecule has 1 aromatic rings. The highest BCUT2D eigenvalue weighted by Crippen LogP contribution is 2.16. The lowest BCUT2D eigenvalue weighted by Crippen LogP contribution is -2.44. The van der Waals surface area contributed by atoms with E-state index in [1.807, 2.05) is 11.6 Å². The fourth-order valence-electron chi connectivity index (χ4n) is 2.46. The molecule has 1 saturated heterocycles. The molecule has 2 unspecified atom stereocenters. The minimum Gasteiger partial charge on any atom is -0.376 e. The second kappa shape index (κ2) is 12.4. The number of carbonyl (C=O) groups is 1. The minimum atomic E-state index is -0.0250. The number of nitrogens with one attached hydrogen (secondary N) is 2. The molecule has 0 saturated carbocycles. The number of aromatic nitrogens is 1. The summed E-state index contributed by atoms with van der Waals surface area (Å²) in [7, 11) is 3.47. The number of carbonyl (C=O) groups excluding carboxylic acids is 1. The Kier molecular flexibility index (Phi) is 11.1. The summed E-state index contributed by atoms with van der Waals surface area (Å²) in [5, 5.41) is 9.70. The van der Waals surface area contributed by atoms with Gasteiger partial charge in [0, 0.05) is 51.3 Å². The van der Waals surface area contributed by atoms with Crippen LogP contribution in [0.1, 0.15) is 37.1 Å². The molecule has 0 aliphatic carbocycles. The van der Waals surface area contributed by atoms with Gasteiger partial charge in [0.25, 0.3) is 0 Å². The molecule has 0 spiro atoms. The van der Waals surface area contributed by atoms with Crippen LogP contribution in [0.25, 0.3) is 0 Å². The van der Waals surface area contributed by atoms with Crippen LogP contribution in [-0.2, 0) is 9.53 Å². The number of ether oxygens (including phenoxy) is 1. The van der Waals surface area contributed by atoms with Gasteiger partial charge in [-0.3, -0.25) is 4.79 Å². The lowest BCUT2D eigenvalue weighted by Gasteiger charge is -2.24. The number of aliphatic imine (C=N–C) groups is 1. The highest BCUT2D eigenvalue weighted by Gasteiger charge is 2.15. The summed E-state index contributed by atoms with van der Waals surface area (Å²) in [6, 6.07) is 0. The molecule has 148 valence electrons. The average Bonchev–Trinajstić information content (AvgIpc) is 3.16. The van der Waals surface area contributed by atoms with Gasteiger partial charge >= 0.3 is 0 Å². The highest BCUT2D eigenvalue weighted by atomic mass is 127. The van der Waals surface area contributed by atoms with Gasteiger partial charge in [0.15, 0.2) is 5.96 Å². The summed E-state index contributed by atoms with van der Waals surface area (Å²) in [4.78, 5) is 22.1. The normalized spacial score (nSPS) is 18.6. The van der Waals surface area contributed by atoms with E-state index in [9.17, 15) is 4.79 Å². The van der Waals surface area contributed by atoms with E-state index in [4.69, 9.17) is 4.74 Å². The Hall–Kier alpha value is -0.940. The summed E-state index contributed by atoms with van der Waals surface area (Å²) in [6.07, 6.45) is 5.43. The zero-order valence-electron chi connectivity index (χ0n) is 15.7. The predicted molar refractivity (Wildman–Crippen MR) is 117 cm³/mol. The van der Waals surface area contributed by atoms with Crippen LogP contribution in [-0.4, -0.2) is 68.2 Å². The van der Waals surface area contributed by atoms with Crippen LogP contribution in [0.2, 0.25) is 0 Å². The highest BCUT2D eigenvalue weighted by molar-refractivity contribution is 14.0. The van der Waals surface area contributed by atoms with E-state index in [0.717, 1.165) is 24.5 Å². The van der Waals surface area contributed by atoms with Crippen molar-refractivity contribution in [1.29, 1.82) is 0 Å². The van der Waals surface area contributed by atoms with E-state index in [1.54, 1.807) is 30.3 Å². The fourth-order valence-corrected chi connectivity index (χ4v) is 3.15. The first-order chi connectivity index (χ1) is 12.1. The number of guanidine groups is 1. The maximum Gasteiger partial charge on any atom is 0.243 e. The molecule has 0 radical (unpaired) electrons. The van der Waals surface area contributed by atoms with Crippen LogP contribution in [0.15, 0.2) is 16.6 Å². The third-order valence-corrected chi connectivity index (χ3v) is 5.10. The van der Waals surface area contributed by atoms with Crippen molar-refractivity contribution in [1.82, 2.24) is 20.5 Å². The van der Waals surface area contributed by atoms with Crippen molar-refractivity contribution in [2.24, 2.45) is 4.99 Å². The largest absolute Gasteiger partial charge is 0.376 e. The third-order valence-electron chi connectivity index (χ3n) is 4.09. The van der Waals surface area contributed by atoms with E-state index in [1.165, 1.54) is 6.42 Å². The van der Waals surface area contributed by atoms with Gasteiger partial charge in [-0.15, -0.1) is 35.3 Å². The summed E-state index contributed by atoms with van der Waals surface area (Å²) in [5.41, 5.74) is 0. The Morgan fingerprint density at radius 2 is 2.27 bits per heavy atom. The van der Waals surface area contributed by atoms with Crippen molar-refractivity contribution in [2.45, 2.75) is 38.2 Å². The van der Waals surface area contributed by atoms with Crippen molar-refractivity contribution in [3.05, 3.63) is 16.6 Å². The second-order valence-corrected chi connectivity index (χ2v) is 7.40. The van der Waals surface area contributed by atoms with Crippen LogP contribution in [0.3, 0.4) is 0 Å². The molecule has 0 aromatic carbocycles. The third kappa shape index (κ3) is 8.17. The number of likely N-dealkylation sites (N-methyl/N-ethyl adjacent to an activating group) is 1. The summed E-state index contributed by atoms with van der Waals surface area (Å²) in [6.45, 7) is 4.49. The standard InChI is InChI=1S/C17H29N5O2S.HI/c1-13(16-18-7-9-25-16)10-19-17(21-12-15(23)22(2)3)20-11-14-6-4-5-8-24-14;/h7,9,13-14H,4-6,8,10-12H2,1-3H3,(H2,19,20,21);1H. The van der Waals surface area contributed by atoms with Crippen LogP contribution >= 0.6 is 35.3 Å². The first kappa shape index (κ1) is 23.1. The van der Waals surface area contributed by atoms with Crippen molar-refractivity contribution in [2.75, 3.05) is 40.3 Å². The van der Waals surface area contributed by atoms with Gasteiger partial charge in [0.2, 0.25) is 5.91 Å². The number of rotatable bonds is 7. The van der Waals surface area contributed by atoms with Crippen molar-refractivity contribution >= 4 is 47.2 Å². The van der Waals surface area contributed by atoms with Gasteiger partial charge in [-0.2, -0.15) is 0 Å². The van der Waals surface area contributed by atoms with Gasteiger partial charge in [0.1, 0.15) is 6.54 Å². The van der Waals surface area contributed by atoms with Crippen molar-refractivity contribution < 1.29 is 9.53 Å². The topological polar surface area (TPSA) is 78.9 Å². The van der Waals surface area contributed by atoms with Gasteiger partial charge < -0.3 is 20.3 Å². The van der Waals surface area contributed by atoms with E-state index in [0.29, 0.717) is 19.0 Å². The first-order valence-corrected chi connectivity index (χ1v) is 9.67. The molecule has 1 amide bonds. The Morgan fingerprint density at radius 1 is 1.46 bits per heavy atom. The zero-order chi connectivity index (χ0) is 18.1. The predicted octanol–water partition coefficient (Wildman–Crippen LogP) is 2.06. The van der Waals surface area contributed by atoms with Crippen LogP contribution < -0.4 is 10.6 Å². The number of hydrogen-bond acceptors (Lipinski definition) is 5. The SMILES string of the molecule is CC(CNC(=NCC(=O)N(C)C)NCC1CCCCO1)c1nccs1.I. The van der Waals surface area contributed by atoms with Gasteiger partial charge in [0.05, 0.1) is 11.1 Å². The minimum absolute atomic E-state index is 0. The number of halogens is 1. The lowest BCUT2D eigenvalue weighted by atomic mass is 10.1.